The summed E-state index contributed by atoms with van der Waals surface area (Å²) in [5.41, 5.74) is 0.769. The van der Waals surface area contributed by atoms with Gasteiger partial charge in [-0.3, -0.25) is 0 Å². The van der Waals surface area contributed by atoms with Crippen LogP contribution in [0.4, 0.5) is 0 Å². The van der Waals surface area contributed by atoms with Crippen LogP contribution in [-0.2, 0) is 4.79 Å². The predicted molar refractivity (Wildman–Crippen MR) is 76.7 cm³/mol. The lowest BCUT2D eigenvalue weighted by Gasteiger charge is -2.07. The minimum absolute atomic E-state index is 0.154. The molecule has 0 bridgehead atoms. The first kappa shape index (κ1) is 13.7. The van der Waals surface area contributed by atoms with E-state index in [1.807, 2.05) is 18.2 Å². The van der Waals surface area contributed by atoms with Gasteiger partial charge in [-0.05, 0) is 46.8 Å². The highest BCUT2D eigenvalue weighted by molar-refractivity contribution is 5.74. The lowest BCUT2D eigenvalue weighted by Crippen LogP contribution is -2.17. The van der Waals surface area contributed by atoms with Gasteiger partial charge in [0.15, 0.2) is 6.61 Å². The van der Waals surface area contributed by atoms with E-state index in [1.54, 1.807) is 36.4 Å². The molecule has 0 spiro atoms. The van der Waals surface area contributed by atoms with Gasteiger partial charge in [0.05, 0.1) is 5.69 Å². The largest absolute Gasteiger partial charge is 0.482 e. The van der Waals surface area contributed by atoms with E-state index in [0.29, 0.717) is 11.5 Å². The monoisotopic (exact) mass is 296 g/mol. The third-order valence-electron chi connectivity index (χ3n) is 2.78. The second-order valence-electron chi connectivity index (χ2n) is 4.32. The highest BCUT2D eigenvalue weighted by Gasteiger charge is 2.06. The van der Waals surface area contributed by atoms with E-state index in [0.717, 1.165) is 5.69 Å². The molecule has 1 aromatic heterocycles. The molecular formula is C15H12N4O3. The molecule has 0 aliphatic rings. The first-order chi connectivity index (χ1) is 10.8. The van der Waals surface area contributed by atoms with Crippen molar-refractivity contribution in [3.05, 3.63) is 60.9 Å². The van der Waals surface area contributed by atoms with Crippen LogP contribution in [0.5, 0.6) is 11.5 Å². The Labute approximate surface area is 126 Å². The van der Waals surface area contributed by atoms with Crippen LogP contribution in [-0.4, -0.2) is 32.8 Å². The quantitative estimate of drug-likeness (QED) is 0.526. The Hall–Kier alpha value is -3.22. The minimum Gasteiger partial charge on any atom is -0.482 e. The number of carbonyl (C=O) groups excluding carboxylic acids is 1. The van der Waals surface area contributed by atoms with E-state index in [4.69, 9.17) is 9.47 Å². The lowest BCUT2D eigenvalue weighted by molar-refractivity contribution is -0.136. The molecule has 3 rings (SSSR count). The number of tetrazole rings is 1. The van der Waals surface area contributed by atoms with E-state index in [1.165, 1.54) is 11.0 Å². The van der Waals surface area contributed by atoms with Crippen molar-refractivity contribution in [2.75, 3.05) is 6.61 Å². The second-order valence-corrected chi connectivity index (χ2v) is 4.32. The average molecular weight is 296 g/mol. The van der Waals surface area contributed by atoms with Crippen molar-refractivity contribution in [3.8, 4) is 17.2 Å². The Balaban J connectivity index is 1.55. The molecule has 2 aromatic carbocycles. The van der Waals surface area contributed by atoms with Crippen LogP contribution in [0.2, 0.25) is 0 Å². The SMILES string of the molecule is O=C(COc1ccccc1)Oc1ccc(-n2cnnn2)cc1. The third kappa shape index (κ3) is 3.45. The summed E-state index contributed by atoms with van der Waals surface area (Å²) < 4.78 is 12.0. The number of esters is 1. The van der Waals surface area contributed by atoms with E-state index in [-0.39, 0.29) is 6.61 Å². The number of para-hydroxylation sites is 1. The van der Waals surface area contributed by atoms with Gasteiger partial charge in [-0.25, -0.2) is 9.48 Å². The van der Waals surface area contributed by atoms with Crippen LogP contribution in [0.15, 0.2) is 60.9 Å². The molecule has 0 saturated heterocycles. The predicted octanol–water partition coefficient (Wildman–Crippen LogP) is 1.65. The molecule has 0 N–H and O–H groups in total. The van der Waals surface area contributed by atoms with E-state index in [9.17, 15) is 4.79 Å². The Morgan fingerprint density at radius 2 is 1.77 bits per heavy atom. The second kappa shape index (κ2) is 6.49. The summed E-state index contributed by atoms with van der Waals surface area (Å²) in [6.45, 7) is -0.154. The van der Waals surface area contributed by atoms with Crippen LogP contribution < -0.4 is 9.47 Å². The van der Waals surface area contributed by atoms with Crippen LogP contribution in [0.1, 0.15) is 0 Å². The van der Waals surface area contributed by atoms with Gasteiger partial charge in [-0.15, -0.1) is 5.10 Å². The molecule has 0 fully saturated rings. The normalized spacial score (nSPS) is 10.2. The molecule has 0 atom stereocenters. The fourth-order valence-electron chi connectivity index (χ4n) is 1.77. The summed E-state index contributed by atoms with van der Waals surface area (Å²) >= 11 is 0. The summed E-state index contributed by atoms with van der Waals surface area (Å²) in [5.74, 6) is 0.575. The van der Waals surface area contributed by atoms with Crippen molar-refractivity contribution in [2.24, 2.45) is 0 Å². The molecule has 1 heterocycles. The number of aromatic nitrogens is 4. The molecule has 110 valence electrons. The first-order valence-corrected chi connectivity index (χ1v) is 6.53. The minimum atomic E-state index is -0.473. The summed E-state index contributed by atoms with van der Waals surface area (Å²) in [6, 6.07) is 15.9. The molecule has 7 heteroatoms. The highest BCUT2D eigenvalue weighted by Crippen LogP contribution is 2.15. The van der Waals surface area contributed by atoms with Crippen molar-refractivity contribution in [2.45, 2.75) is 0 Å². The smallest absolute Gasteiger partial charge is 0.349 e. The fourth-order valence-corrected chi connectivity index (χ4v) is 1.77. The summed E-state index contributed by atoms with van der Waals surface area (Å²) in [5, 5.41) is 10.9. The number of hydrogen-bond donors (Lipinski definition) is 0. The number of carbonyl (C=O) groups is 1. The molecule has 0 unspecified atom stereocenters. The Morgan fingerprint density at radius 1 is 1.00 bits per heavy atom. The standard InChI is InChI=1S/C15H12N4O3/c20-15(10-21-13-4-2-1-3-5-13)22-14-8-6-12(7-9-14)19-11-16-17-18-19/h1-9,11H,10H2. The maximum atomic E-state index is 11.7. The van der Waals surface area contributed by atoms with E-state index in [2.05, 4.69) is 15.5 Å². The van der Waals surface area contributed by atoms with Crippen molar-refractivity contribution >= 4 is 5.97 Å². The lowest BCUT2D eigenvalue weighted by atomic mass is 10.3. The zero-order valence-corrected chi connectivity index (χ0v) is 11.5. The van der Waals surface area contributed by atoms with Crippen molar-refractivity contribution in [3.63, 3.8) is 0 Å². The van der Waals surface area contributed by atoms with Gasteiger partial charge in [0.1, 0.15) is 17.8 Å². The van der Waals surface area contributed by atoms with Crippen LogP contribution in [0.25, 0.3) is 5.69 Å². The number of ether oxygens (including phenoxy) is 2. The van der Waals surface area contributed by atoms with Crippen molar-refractivity contribution in [1.82, 2.24) is 20.2 Å². The Kier molecular flexibility index (Phi) is 4.05. The Morgan fingerprint density at radius 3 is 2.45 bits per heavy atom. The van der Waals surface area contributed by atoms with Crippen molar-refractivity contribution in [1.29, 1.82) is 0 Å². The highest BCUT2D eigenvalue weighted by atomic mass is 16.6. The summed E-state index contributed by atoms with van der Waals surface area (Å²) in [4.78, 5) is 11.7. The molecular weight excluding hydrogens is 284 g/mol. The number of hydrogen-bond acceptors (Lipinski definition) is 6. The molecule has 0 amide bonds. The van der Waals surface area contributed by atoms with Crippen LogP contribution in [0, 0.1) is 0 Å². The molecule has 0 aliphatic heterocycles. The number of rotatable bonds is 5. The maximum Gasteiger partial charge on any atom is 0.349 e. The van der Waals surface area contributed by atoms with Crippen molar-refractivity contribution < 1.29 is 14.3 Å². The van der Waals surface area contributed by atoms with E-state index >= 15 is 0 Å². The molecule has 0 saturated carbocycles. The summed E-state index contributed by atoms with van der Waals surface area (Å²) in [6.07, 6.45) is 1.48. The van der Waals surface area contributed by atoms with E-state index < -0.39 is 5.97 Å². The van der Waals surface area contributed by atoms with Gasteiger partial charge in [0.2, 0.25) is 0 Å². The molecule has 0 radical (unpaired) electrons. The topological polar surface area (TPSA) is 79.1 Å². The first-order valence-electron chi connectivity index (χ1n) is 6.53. The molecule has 3 aromatic rings. The van der Waals surface area contributed by atoms with Crippen LogP contribution >= 0.6 is 0 Å². The maximum absolute atomic E-state index is 11.7. The van der Waals surface area contributed by atoms with Gasteiger partial charge in [-0.1, -0.05) is 18.2 Å². The third-order valence-corrected chi connectivity index (χ3v) is 2.78. The Bertz CT molecular complexity index is 727. The van der Waals surface area contributed by atoms with Gasteiger partial charge in [0.25, 0.3) is 0 Å². The van der Waals surface area contributed by atoms with Gasteiger partial charge in [0, 0.05) is 0 Å². The average Bonchev–Trinajstić information content (AvgIpc) is 3.09. The number of benzene rings is 2. The molecule has 22 heavy (non-hydrogen) atoms. The van der Waals surface area contributed by atoms with Gasteiger partial charge >= 0.3 is 5.97 Å². The number of nitrogens with zero attached hydrogens (tertiary/aromatic N) is 4. The van der Waals surface area contributed by atoms with Gasteiger partial charge in [-0.2, -0.15) is 0 Å². The zero-order valence-electron chi connectivity index (χ0n) is 11.5. The summed E-state index contributed by atoms with van der Waals surface area (Å²) in [7, 11) is 0. The zero-order chi connectivity index (χ0) is 15.2. The molecule has 7 nitrogen and oxygen atoms in total. The molecule has 0 aliphatic carbocycles. The van der Waals surface area contributed by atoms with Gasteiger partial charge < -0.3 is 9.47 Å². The fraction of sp³-hybridized carbons (Fsp3) is 0.0667. The van der Waals surface area contributed by atoms with Crippen LogP contribution in [0.3, 0.4) is 0 Å².